The van der Waals surface area contributed by atoms with Crippen molar-refractivity contribution in [2.45, 2.75) is 32.7 Å². The number of hydrogen-bond acceptors (Lipinski definition) is 3. The molecule has 0 spiro atoms. The number of rotatable bonds is 4. The Labute approximate surface area is 127 Å². The molecule has 2 heterocycles. The van der Waals surface area contributed by atoms with Crippen molar-refractivity contribution in [3.05, 3.63) is 36.5 Å². The van der Waals surface area contributed by atoms with Crippen LogP contribution < -0.4 is 10.2 Å². The van der Waals surface area contributed by atoms with Crippen molar-refractivity contribution in [1.29, 1.82) is 0 Å². The molecule has 112 valence electrons. The average molecular weight is 283 g/mol. The third kappa shape index (κ3) is 3.03. The van der Waals surface area contributed by atoms with Gasteiger partial charge in [0.15, 0.2) is 0 Å². The zero-order valence-corrected chi connectivity index (χ0v) is 13.0. The zero-order valence-electron chi connectivity index (χ0n) is 13.0. The quantitative estimate of drug-likeness (QED) is 0.931. The second-order valence-corrected chi connectivity index (χ2v) is 6.05. The Bertz CT molecular complexity index is 591. The van der Waals surface area contributed by atoms with Crippen LogP contribution in [0.2, 0.25) is 0 Å². The van der Waals surface area contributed by atoms with E-state index in [1.54, 1.807) is 0 Å². The maximum absolute atomic E-state index is 4.68. The van der Waals surface area contributed by atoms with E-state index in [4.69, 9.17) is 0 Å². The van der Waals surface area contributed by atoms with Crippen molar-refractivity contribution >= 4 is 16.6 Å². The van der Waals surface area contributed by atoms with Crippen LogP contribution in [-0.4, -0.2) is 30.7 Å². The van der Waals surface area contributed by atoms with E-state index in [2.05, 4.69) is 59.4 Å². The van der Waals surface area contributed by atoms with E-state index in [9.17, 15) is 0 Å². The summed E-state index contributed by atoms with van der Waals surface area (Å²) >= 11 is 0. The average Bonchev–Trinajstić information content (AvgIpc) is 2.55. The highest BCUT2D eigenvalue weighted by molar-refractivity contribution is 5.92. The van der Waals surface area contributed by atoms with Crippen molar-refractivity contribution in [2.24, 2.45) is 5.92 Å². The number of anilines is 1. The maximum atomic E-state index is 4.68. The minimum Gasteiger partial charge on any atom is -0.356 e. The van der Waals surface area contributed by atoms with E-state index >= 15 is 0 Å². The normalized spacial score (nSPS) is 20.7. The van der Waals surface area contributed by atoms with E-state index in [1.807, 2.05) is 6.20 Å². The molecule has 21 heavy (non-hydrogen) atoms. The first-order chi connectivity index (χ1) is 10.3. The highest BCUT2D eigenvalue weighted by Crippen LogP contribution is 2.29. The Hall–Kier alpha value is -1.61. The van der Waals surface area contributed by atoms with E-state index in [-0.39, 0.29) is 0 Å². The molecule has 0 radical (unpaired) electrons. The van der Waals surface area contributed by atoms with Crippen molar-refractivity contribution in [1.82, 2.24) is 10.3 Å². The van der Waals surface area contributed by atoms with Crippen LogP contribution in [-0.2, 0) is 0 Å². The van der Waals surface area contributed by atoms with Crippen molar-refractivity contribution in [3.63, 3.8) is 0 Å². The summed E-state index contributed by atoms with van der Waals surface area (Å²) < 4.78 is 0. The van der Waals surface area contributed by atoms with Crippen LogP contribution in [0, 0.1) is 5.92 Å². The van der Waals surface area contributed by atoms with Gasteiger partial charge in [-0.1, -0.05) is 31.2 Å². The molecule has 0 amide bonds. The van der Waals surface area contributed by atoms with Gasteiger partial charge < -0.3 is 10.2 Å². The molecule has 0 saturated carbocycles. The fourth-order valence-electron chi connectivity index (χ4n) is 3.45. The standard InChI is InChI=1S/C18H25N3/c1-3-19-14(2)16-8-6-12-21(13-16)18-17-9-5-4-7-15(17)10-11-20-18/h4-5,7,9-11,14,16,19H,3,6,8,12-13H2,1-2H3. The highest BCUT2D eigenvalue weighted by Gasteiger charge is 2.25. The summed E-state index contributed by atoms with van der Waals surface area (Å²) in [5, 5.41) is 6.13. The number of pyridine rings is 1. The predicted molar refractivity (Wildman–Crippen MR) is 89.8 cm³/mol. The number of fused-ring (bicyclic) bond motifs is 1. The summed E-state index contributed by atoms with van der Waals surface area (Å²) in [4.78, 5) is 7.15. The van der Waals surface area contributed by atoms with Gasteiger partial charge in [-0.2, -0.15) is 0 Å². The van der Waals surface area contributed by atoms with E-state index in [0.717, 1.165) is 25.5 Å². The summed E-state index contributed by atoms with van der Waals surface area (Å²) in [5.41, 5.74) is 0. The van der Waals surface area contributed by atoms with Crippen molar-refractivity contribution in [2.75, 3.05) is 24.5 Å². The molecule has 1 fully saturated rings. The highest BCUT2D eigenvalue weighted by atomic mass is 15.2. The first-order valence-electron chi connectivity index (χ1n) is 8.11. The molecule has 2 unspecified atom stereocenters. The van der Waals surface area contributed by atoms with Gasteiger partial charge in [-0.15, -0.1) is 0 Å². The predicted octanol–water partition coefficient (Wildman–Crippen LogP) is 3.45. The molecule has 0 bridgehead atoms. The number of benzene rings is 1. The van der Waals surface area contributed by atoms with Gasteiger partial charge in [0, 0.05) is 30.7 Å². The van der Waals surface area contributed by atoms with Crippen LogP contribution in [0.5, 0.6) is 0 Å². The Balaban J connectivity index is 1.85. The van der Waals surface area contributed by atoms with Gasteiger partial charge >= 0.3 is 0 Å². The second-order valence-electron chi connectivity index (χ2n) is 6.05. The minimum atomic E-state index is 0.577. The summed E-state index contributed by atoms with van der Waals surface area (Å²) in [6.07, 6.45) is 4.51. The minimum absolute atomic E-state index is 0.577. The summed E-state index contributed by atoms with van der Waals surface area (Å²) in [6, 6.07) is 11.2. The molecule has 3 rings (SSSR count). The fraction of sp³-hybridized carbons (Fsp3) is 0.500. The van der Waals surface area contributed by atoms with Gasteiger partial charge in [0.25, 0.3) is 0 Å². The number of aromatic nitrogens is 1. The molecule has 1 aromatic carbocycles. The third-order valence-electron chi connectivity index (χ3n) is 4.64. The molecule has 0 aliphatic carbocycles. The Morgan fingerprint density at radius 3 is 3.05 bits per heavy atom. The molecule has 1 saturated heterocycles. The lowest BCUT2D eigenvalue weighted by molar-refractivity contribution is 0.323. The molecular weight excluding hydrogens is 258 g/mol. The van der Waals surface area contributed by atoms with E-state index < -0.39 is 0 Å². The van der Waals surface area contributed by atoms with Gasteiger partial charge in [0.05, 0.1) is 0 Å². The van der Waals surface area contributed by atoms with Crippen molar-refractivity contribution < 1.29 is 0 Å². The molecular formula is C18H25N3. The van der Waals surface area contributed by atoms with E-state index in [0.29, 0.717) is 12.0 Å². The maximum Gasteiger partial charge on any atom is 0.136 e. The second kappa shape index (κ2) is 6.44. The van der Waals surface area contributed by atoms with Crippen LogP contribution in [0.25, 0.3) is 10.8 Å². The smallest absolute Gasteiger partial charge is 0.136 e. The SMILES string of the molecule is CCNC(C)C1CCCN(c2nccc3ccccc23)C1. The lowest BCUT2D eigenvalue weighted by atomic mass is 9.91. The lowest BCUT2D eigenvalue weighted by Crippen LogP contribution is -2.44. The molecule has 2 atom stereocenters. The molecule has 1 aliphatic heterocycles. The number of nitrogens with one attached hydrogen (secondary N) is 1. The largest absolute Gasteiger partial charge is 0.356 e. The summed E-state index contributed by atoms with van der Waals surface area (Å²) in [6.45, 7) is 7.77. The molecule has 1 aromatic heterocycles. The van der Waals surface area contributed by atoms with Gasteiger partial charge in [0.1, 0.15) is 5.82 Å². The molecule has 1 aliphatic rings. The zero-order chi connectivity index (χ0) is 14.7. The monoisotopic (exact) mass is 283 g/mol. The van der Waals surface area contributed by atoms with Gasteiger partial charge in [0.2, 0.25) is 0 Å². The molecule has 3 heteroatoms. The van der Waals surface area contributed by atoms with Gasteiger partial charge in [-0.3, -0.25) is 0 Å². The van der Waals surface area contributed by atoms with E-state index in [1.165, 1.54) is 23.6 Å². The Morgan fingerprint density at radius 1 is 1.33 bits per heavy atom. The molecule has 3 nitrogen and oxygen atoms in total. The number of hydrogen-bond donors (Lipinski definition) is 1. The Morgan fingerprint density at radius 2 is 2.19 bits per heavy atom. The van der Waals surface area contributed by atoms with Gasteiger partial charge in [-0.05, 0) is 43.7 Å². The van der Waals surface area contributed by atoms with Crippen LogP contribution in [0.3, 0.4) is 0 Å². The van der Waals surface area contributed by atoms with Crippen LogP contribution in [0.1, 0.15) is 26.7 Å². The first-order valence-corrected chi connectivity index (χ1v) is 8.11. The van der Waals surface area contributed by atoms with Crippen molar-refractivity contribution in [3.8, 4) is 0 Å². The van der Waals surface area contributed by atoms with Crippen LogP contribution in [0.15, 0.2) is 36.5 Å². The van der Waals surface area contributed by atoms with Crippen LogP contribution in [0.4, 0.5) is 5.82 Å². The lowest BCUT2D eigenvalue weighted by Gasteiger charge is -2.37. The Kier molecular flexibility index (Phi) is 4.39. The first kappa shape index (κ1) is 14.3. The van der Waals surface area contributed by atoms with Crippen LogP contribution >= 0.6 is 0 Å². The summed E-state index contributed by atoms with van der Waals surface area (Å²) in [7, 11) is 0. The number of piperidine rings is 1. The third-order valence-corrected chi connectivity index (χ3v) is 4.64. The molecule has 1 N–H and O–H groups in total. The van der Waals surface area contributed by atoms with Gasteiger partial charge in [-0.25, -0.2) is 4.98 Å². The topological polar surface area (TPSA) is 28.2 Å². The summed E-state index contributed by atoms with van der Waals surface area (Å²) in [5.74, 6) is 1.86. The molecule has 2 aromatic rings. The number of nitrogens with zero attached hydrogens (tertiary/aromatic N) is 2. The fourth-order valence-corrected chi connectivity index (χ4v) is 3.45.